The van der Waals surface area contributed by atoms with Crippen molar-refractivity contribution in [1.82, 2.24) is 15.1 Å². The standard InChI is InChI=1S/C19H19N5O4S2/c1-12-4-6-13(7-5-12)16(25)20-18-21-22-19(29-18)30(27,28)23-15-10-8-14(9-11-15)17(26)24(2)3/h4-11,23H,1-3H3,(H,20,21,25). The molecule has 2 aromatic carbocycles. The maximum absolute atomic E-state index is 12.5. The van der Waals surface area contributed by atoms with Crippen LogP contribution in [0, 0.1) is 6.92 Å². The van der Waals surface area contributed by atoms with Gasteiger partial charge in [-0.2, -0.15) is 8.42 Å². The summed E-state index contributed by atoms with van der Waals surface area (Å²) < 4.78 is 27.2. The number of carbonyl (C=O) groups excluding carboxylic acids is 2. The molecule has 0 saturated heterocycles. The van der Waals surface area contributed by atoms with Gasteiger partial charge in [0, 0.05) is 30.9 Å². The first-order chi connectivity index (χ1) is 14.2. The minimum atomic E-state index is -4.00. The van der Waals surface area contributed by atoms with E-state index in [2.05, 4.69) is 20.2 Å². The Balaban J connectivity index is 1.70. The lowest BCUT2D eigenvalue weighted by atomic mass is 10.1. The molecular weight excluding hydrogens is 426 g/mol. The van der Waals surface area contributed by atoms with Crippen LogP contribution in [0.5, 0.6) is 0 Å². The number of rotatable bonds is 6. The summed E-state index contributed by atoms with van der Waals surface area (Å²) in [7, 11) is -0.743. The van der Waals surface area contributed by atoms with Gasteiger partial charge in [0.1, 0.15) is 0 Å². The number of anilines is 2. The molecule has 2 N–H and O–H groups in total. The third kappa shape index (κ3) is 4.99. The van der Waals surface area contributed by atoms with E-state index in [1.54, 1.807) is 38.4 Å². The van der Waals surface area contributed by atoms with Crippen molar-refractivity contribution in [2.24, 2.45) is 0 Å². The predicted octanol–water partition coefficient (Wildman–Crippen LogP) is 2.60. The van der Waals surface area contributed by atoms with Gasteiger partial charge in [-0.1, -0.05) is 29.0 Å². The molecule has 30 heavy (non-hydrogen) atoms. The van der Waals surface area contributed by atoms with Crippen LogP contribution in [0.4, 0.5) is 10.8 Å². The van der Waals surface area contributed by atoms with Crippen LogP contribution < -0.4 is 10.0 Å². The first-order valence-corrected chi connectivity index (χ1v) is 11.0. The lowest BCUT2D eigenvalue weighted by molar-refractivity contribution is 0.0827. The Morgan fingerprint density at radius 2 is 1.53 bits per heavy atom. The molecule has 0 spiro atoms. The van der Waals surface area contributed by atoms with E-state index in [-0.39, 0.29) is 21.1 Å². The van der Waals surface area contributed by atoms with Crippen molar-refractivity contribution >= 4 is 44.0 Å². The zero-order chi connectivity index (χ0) is 21.9. The van der Waals surface area contributed by atoms with E-state index in [9.17, 15) is 18.0 Å². The molecule has 0 aliphatic carbocycles. The number of amides is 2. The summed E-state index contributed by atoms with van der Waals surface area (Å²) in [4.78, 5) is 25.6. The summed E-state index contributed by atoms with van der Waals surface area (Å²) in [6, 6.07) is 12.9. The number of hydrogen-bond acceptors (Lipinski definition) is 7. The van der Waals surface area contributed by atoms with Crippen LogP contribution >= 0.6 is 11.3 Å². The summed E-state index contributed by atoms with van der Waals surface area (Å²) >= 11 is 0.732. The normalized spacial score (nSPS) is 11.0. The average molecular weight is 446 g/mol. The maximum atomic E-state index is 12.5. The summed E-state index contributed by atoms with van der Waals surface area (Å²) in [5.41, 5.74) is 2.14. The molecule has 0 bridgehead atoms. The topological polar surface area (TPSA) is 121 Å². The van der Waals surface area contributed by atoms with Crippen LogP contribution in [-0.4, -0.2) is 49.4 Å². The molecule has 0 radical (unpaired) electrons. The highest BCUT2D eigenvalue weighted by Gasteiger charge is 2.21. The maximum Gasteiger partial charge on any atom is 0.291 e. The molecule has 156 valence electrons. The van der Waals surface area contributed by atoms with Crippen molar-refractivity contribution in [3.63, 3.8) is 0 Å². The Kier molecular flexibility index (Phi) is 6.13. The number of aromatic nitrogens is 2. The zero-order valence-electron chi connectivity index (χ0n) is 16.4. The molecule has 9 nitrogen and oxygen atoms in total. The summed E-state index contributed by atoms with van der Waals surface area (Å²) in [6.07, 6.45) is 0. The molecule has 0 aliphatic heterocycles. The van der Waals surface area contributed by atoms with Gasteiger partial charge >= 0.3 is 0 Å². The molecule has 3 rings (SSSR count). The molecule has 11 heteroatoms. The van der Waals surface area contributed by atoms with Gasteiger partial charge in [-0.05, 0) is 43.3 Å². The molecule has 0 unspecified atom stereocenters. The van der Waals surface area contributed by atoms with Crippen LogP contribution in [-0.2, 0) is 10.0 Å². The number of benzene rings is 2. The molecule has 0 aliphatic rings. The second-order valence-corrected chi connectivity index (χ2v) is 9.41. The lowest BCUT2D eigenvalue weighted by Crippen LogP contribution is -2.21. The van der Waals surface area contributed by atoms with Crippen LogP contribution in [0.1, 0.15) is 26.3 Å². The Hall–Kier alpha value is -3.31. The highest BCUT2D eigenvalue weighted by molar-refractivity contribution is 7.94. The zero-order valence-corrected chi connectivity index (χ0v) is 18.0. The third-order valence-corrected chi connectivity index (χ3v) is 6.55. The first-order valence-electron chi connectivity index (χ1n) is 8.72. The Labute approximate surface area is 177 Å². The highest BCUT2D eigenvalue weighted by atomic mass is 32.2. The molecular formula is C19H19N5O4S2. The average Bonchev–Trinajstić information content (AvgIpc) is 3.17. The number of carbonyl (C=O) groups is 2. The van der Waals surface area contributed by atoms with Crippen LogP contribution in [0.3, 0.4) is 0 Å². The lowest BCUT2D eigenvalue weighted by Gasteiger charge is -2.11. The second-order valence-electron chi connectivity index (χ2n) is 6.58. The SMILES string of the molecule is Cc1ccc(C(=O)Nc2nnc(S(=O)(=O)Nc3ccc(C(=O)N(C)C)cc3)s2)cc1. The van der Waals surface area contributed by atoms with Crippen LogP contribution in [0.2, 0.25) is 0 Å². The van der Waals surface area contributed by atoms with Crippen molar-refractivity contribution in [1.29, 1.82) is 0 Å². The van der Waals surface area contributed by atoms with Crippen molar-refractivity contribution in [2.45, 2.75) is 11.3 Å². The number of hydrogen-bond donors (Lipinski definition) is 2. The summed E-state index contributed by atoms with van der Waals surface area (Å²) in [6.45, 7) is 1.91. The third-order valence-electron chi connectivity index (χ3n) is 3.96. The van der Waals surface area contributed by atoms with E-state index < -0.39 is 15.9 Å². The molecule has 3 aromatic rings. The van der Waals surface area contributed by atoms with Crippen molar-refractivity contribution in [3.8, 4) is 0 Å². The molecule has 2 amide bonds. The largest absolute Gasteiger partial charge is 0.345 e. The van der Waals surface area contributed by atoms with E-state index in [1.165, 1.54) is 29.2 Å². The van der Waals surface area contributed by atoms with E-state index in [4.69, 9.17) is 0 Å². The number of sulfonamides is 1. The molecule has 1 heterocycles. The van der Waals surface area contributed by atoms with E-state index in [0.29, 0.717) is 11.1 Å². The van der Waals surface area contributed by atoms with Crippen molar-refractivity contribution < 1.29 is 18.0 Å². The van der Waals surface area contributed by atoms with Gasteiger partial charge in [0.2, 0.25) is 5.13 Å². The van der Waals surface area contributed by atoms with Gasteiger partial charge in [-0.25, -0.2) is 0 Å². The van der Waals surface area contributed by atoms with E-state index >= 15 is 0 Å². The minimum absolute atomic E-state index is 0.0628. The molecule has 0 atom stereocenters. The quantitative estimate of drug-likeness (QED) is 0.563. The number of aryl methyl sites for hydroxylation is 1. The molecule has 0 fully saturated rings. The van der Waals surface area contributed by atoms with Gasteiger partial charge in [0.05, 0.1) is 0 Å². The highest BCUT2D eigenvalue weighted by Crippen LogP contribution is 2.23. The van der Waals surface area contributed by atoms with Gasteiger partial charge < -0.3 is 4.90 Å². The van der Waals surface area contributed by atoms with E-state index in [0.717, 1.165) is 16.9 Å². The van der Waals surface area contributed by atoms with Gasteiger partial charge in [0.25, 0.3) is 26.2 Å². The Morgan fingerprint density at radius 1 is 0.933 bits per heavy atom. The van der Waals surface area contributed by atoms with Crippen LogP contribution in [0.15, 0.2) is 52.9 Å². The fraction of sp³-hybridized carbons (Fsp3) is 0.158. The minimum Gasteiger partial charge on any atom is -0.345 e. The molecule has 0 saturated carbocycles. The number of nitrogens with one attached hydrogen (secondary N) is 2. The van der Waals surface area contributed by atoms with Crippen LogP contribution in [0.25, 0.3) is 0 Å². The van der Waals surface area contributed by atoms with E-state index in [1.807, 2.05) is 6.92 Å². The monoisotopic (exact) mass is 445 g/mol. The summed E-state index contributed by atoms with van der Waals surface area (Å²) in [5, 5.41) is 9.99. The summed E-state index contributed by atoms with van der Waals surface area (Å²) in [5.74, 6) is -0.605. The smallest absolute Gasteiger partial charge is 0.291 e. The predicted molar refractivity (Wildman–Crippen MR) is 114 cm³/mol. The van der Waals surface area contributed by atoms with Crippen molar-refractivity contribution in [2.75, 3.05) is 24.1 Å². The number of nitrogens with zero attached hydrogens (tertiary/aromatic N) is 3. The molecule has 1 aromatic heterocycles. The van der Waals surface area contributed by atoms with Gasteiger partial charge in [-0.15, -0.1) is 10.2 Å². The first kappa shape index (κ1) is 21.4. The van der Waals surface area contributed by atoms with Gasteiger partial charge in [-0.3, -0.25) is 19.6 Å². The Bertz CT molecular complexity index is 1170. The van der Waals surface area contributed by atoms with Gasteiger partial charge in [0.15, 0.2) is 0 Å². The second kappa shape index (κ2) is 8.59. The fourth-order valence-electron chi connectivity index (χ4n) is 2.38. The fourth-order valence-corrected chi connectivity index (χ4v) is 4.34. The Morgan fingerprint density at radius 3 is 2.13 bits per heavy atom. The van der Waals surface area contributed by atoms with Crippen molar-refractivity contribution in [3.05, 3.63) is 65.2 Å².